The van der Waals surface area contributed by atoms with Gasteiger partial charge in [0, 0.05) is 27.7 Å². The molecule has 1 atom stereocenters. The summed E-state index contributed by atoms with van der Waals surface area (Å²) in [5.74, 6) is 0. The third kappa shape index (κ3) is 2.72. The lowest BCUT2D eigenvalue weighted by molar-refractivity contribution is 0.380. The number of allylic oxidation sites excluding steroid dienone is 1. The lowest BCUT2D eigenvalue weighted by Crippen LogP contribution is -2.44. The fourth-order valence-electron chi connectivity index (χ4n) is 1.98. The molecule has 0 bridgehead atoms. The Hall–Kier alpha value is -0.220. The molecule has 1 aliphatic carbocycles. The van der Waals surface area contributed by atoms with Crippen LogP contribution in [-0.2, 0) is 0 Å². The summed E-state index contributed by atoms with van der Waals surface area (Å²) in [4.78, 5) is 5.39. The van der Waals surface area contributed by atoms with E-state index in [1.807, 2.05) is 0 Å². The fraction of sp³-hybridized carbons (Fsp3) is 0.750. The molecule has 0 heterocycles. The Kier molecular flexibility index (Phi) is 5.12. The van der Waals surface area contributed by atoms with Crippen molar-refractivity contribution < 1.29 is 0 Å². The number of nitrogens with zero attached hydrogens (tertiary/aromatic N) is 2. The van der Waals surface area contributed by atoms with E-state index in [0.717, 1.165) is 11.4 Å². The van der Waals surface area contributed by atoms with Crippen LogP contribution in [0.1, 0.15) is 26.2 Å². The standard InChI is InChI=1S/C12H22N2S2/c1-5-6-7-8-14(4)10-9(13(2)3)11(15)12(10)16/h11,15H,5-8H2,1-4H3. The maximum Gasteiger partial charge on any atom is 0.0809 e. The first-order valence-corrected chi connectivity index (χ1v) is 6.78. The van der Waals surface area contributed by atoms with Crippen molar-refractivity contribution in [1.82, 2.24) is 9.80 Å². The normalized spacial score (nSPS) is 19.8. The summed E-state index contributed by atoms with van der Waals surface area (Å²) in [6.07, 6.45) is 3.77. The molecule has 92 valence electrons. The number of thiol groups is 1. The number of hydrogen-bond acceptors (Lipinski definition) is 4. The minimum atomic E-state index is 0.147. The van der Waals surface area contributed by atoms with E-state index in [0.29, 0.717) is 0 Å². The van der Waals surface area contributed by atoms with Gasteiger partial charge >= 0.3 is 0 Å². The topological polar surface area (TPSA) is 6.48 Å². The molecule has 1 aliphatic rings. The molecule has 0 radical (unpaired) electrons. The Bertz CT molecular complexity index is 297. The summed E-state index contributed by atoms with van der Waals surface area (Å²) in [6.45, 7) is 3.31. The van der Waals surface area contributed by atoms with Gasteiger partial charge in [0.05, 0.1) is 21.5 Å². The summed E-state index contributed by atoms with van der Waals surface area (Å²) in [6, 6.07) is 0. The third-order valence-corrected chi connectivity index (χ3v) is 4.05. The maximum atomic E-state index is 5.38. The van der Waals surface area contributed by atoms with Gasteiger partial charge in [0.2, 0.25) is 0 Å². The molecule has 0 aromatic heterocycles. The number of thiocarbonyl (C=S) groups is 1. The van der Waals surface area contributed by atoms with Crippen LogP contribution in [0.25, 0.3) is 0 Å². The van der Waals surface area contributed by atoms with Crippen LogP contribution in [0.4, 0.5) is 0 Å². The van der Waals surface area contributed by atoms with Crippen molar-refractivity contribution in [1.29, 1.82) is 0 Å². The SMILES string of the molecule is CCCCCN(C)C1=C(N(C)C)C(S)C1=S. The van der Waals surface area contributed by atoms with E-state index in [4.69, 9.17) is 12.2 Å². The largest absolute Gasteiger partial charge is 0.378 e. The summed E-state index contributed by atoms with van der Waals surface area (Å²) < 4.78 is 0. The summed E-state index contributed by atoms with van der Waals surface area (Å²) in [5, 5.41) is 0.147. The first-order valence-electron chi connectivity index (χ1n) is 5.85. The molecule has 0 N–H and O–H groups in total. The van der Waals surface area contributed by atoms with Gasteiger partial charge in [0.25, 0.3) is 0 Å². The highest BCUT2D eigenvalue weighted by Crippen LogP contribution is 2.33. The van der Waals surface area contributed by atoms with Crippen molar-refractivity contribution in [3.8, 4) is 0 Å². The van der Waals surface area contributed by atoms with E-state index in [1.165, 1.54) is 30.7 Å². The van der Waals surface area contributed by atoms with Gasteiger partial charge in [-0.25, -0.2) is 0 Å². The Balaban J connectivity index is 2.66. The molecule has 0 spiro atoms. The van der Waals surface area contributed by atoms with Crippen molar-refractivity contribution >= 4 is 29.7 Å². The molecule has 0 aliphatic heterocycles. The molecule has 0 saturated carbocycles. The van der Waals surface area contributed by atoms with Crippen molar-refractivity contribution in [3.63, 3.8) is 0 Å². The number of unbranched alkanes of at least 4 members (excludes halogenated alkanes) is 2. The minimum absolute atomic E-state index is 0.147. The molecular formula is C12H22N2S2. The molecule has 1 unspecified atom stereocenters. The molecule has 0 aromatic carbocycles. The highest BCUT2D eigenvalue weighted by Gasteiger charge is 2.36. The molecule has 2 nitrogen and oxygen atoms in total. The Morgan fingerprint density at radius 3 is 2.38 bits per heavy atom. The third-order valence-electron chi connectivity index (χ3n) is 2.94. The lowest BCUT2D eigenvalue weighted by Gasteiger charge is -2.40. The van der Waals surface area contributed by atoms with Crippen LogP contribution in [0.15, 0.2) is 11.4 Å². The summed E-state index contributed by atoms with van der Waals surface area (Å²) >= 11 is 9.89. The molecule has 4 heteroatoms. The van der Waals surface area contributed by atoms with Crippen LogP contribution in [0.5, 0.6) is 0 Å². The maximum absolute atomic E-state index is 5.38. The van der Waals surface area contributed by atoms with Crippen LogP contribution in [0.3, 0.4) is 0 Å². The van der Waals surface area contributed by atoms with Crippen LogP contribution in [-0.4, -0.2) is 47.6 Å². The van der Waals surface area contributed by atoms with E-state index < -0.39 is 0 Å². The number of rotatable bonds is 6. The van der Waals surface area contributed by atoms with E-state index in [9.17, 15) is 0 Å². The predicted molar refractivity (Wildman–Crippen MR) is 78.2 cm³/mol. The highest BCUT2D eigenvalue weighted by atomic mass is 32.1. The van der Waals surface area contributed by atoms with E-state index in [-0.39, 0.29) is 5.25 Å². The monoisotopic (exact) mass is 258 g/mol. The zero-order valence-corrected chi connectivity index (χ0v) is 12.4. The Labute approximate surface area is 110 Å². The second kappa shape index (κ2) is 5.92. The average molecular weight is 258 g/mol. The fourth-order valence-corrected chi connectivity index (χ4v) is 2.83. The summed E-state index contributed by atoms with van der Waals surface area (Å²) in [7, 11) is 6.24. The molecule has 0 aromatic rings. The van der Waals surface area contributed by atoms with Gasteiger partial charge in [-0.1, -0.05) is 32.0 Å². The summed E-state index contributed by atoms with van der Waals surface area (Å²) in [5.41, 5.74) is 2.48. The molecule has 0 amide bonds. The van der Waals surface area contributed by atoms with Gasteiger partial charge < -0.3 is 9.80 Å². The van der Waals surface area contributed by atoms with Gasteiger partial charge in [-0.15, -0.1) is 0 Å². The number of hydrogen-bond donors (Lipinski definition) is 1. The molecule has 0 fully saturated rings. The van der Waals surface area contributed by atoms with Crippen molar-refractivity contribution in [3.05, 3.63) is 11.4 Å². The smallest absolute Gasteiger partial charge is 0.0809 e. The van der Waals surface area contributed by atoms with Crippen LogP contribution >= 0.6 is 24.8 Å². The van der Waals surface area contributed by atoms with E-state index >= 15 is 0 Å². The minimum Gasteiger partial charge on any atom is -0.378 e. The lowest BCUT2D eigenvalue weighted by atomic mass is 9.97. The van der Waals surface area contributed by atoms with Crippen molar-refractivity contribution in [2.75, 3.05) is 27.7 Å². The van der Waals surface area contributed by atoms with Gasteiger partial charge in [-0.05, 0) is 6.42 Å². The average Bonchev–Trinajstić information content (AvgIpc) is 2.23. The Morgan fingerprint density at radius 1 is 1.25 bits per heavy atom. The van der Waals surface area contributed by atoms with Gasteiger partial charge in [0.1, 0.15) is 0 Å². The molecular weight excluding hydrogens is 236 g/mol. The van der Waals surface area contributed by atoms with Crippen LogP contribution < -0.4 is 0 Å². The van der Waals surface area contributed by atoms with Gasteiger partial charge in [-0.3, -0.25) is 0 Å². The second-order valence-corrected chi connectivity index (χ2v) is 5.48. The van der Waals surface area contributed by atoms with Gasteiger partial charge in [0.15, 0.2) is 0 Å². The van der Waals surface area contributed by atoms with Crippen molar-refractivity contribution in [2.24, 2.45) is 0 Å². The zero-order valence-electron chi connectivity index (χ0n) is 10.7. The molecule has 1 rings (SSSR count). The quantitative estimate of drug-likeness (QED) is 0.445. The van der Waals surface area contributed by atoms with Crippen LogP contribution in [0.2, 0.25) is 0 Å². The predicted octanol–water partition coefficient (Wildman–Crippen LogP) is 2.56. The first-order chi connectivity index (χ1) is 7.50. The van der Waals surface area contributed by atoms with Crippen molar-refractivity contribution in [2.45, 2.75) is 31.4 Å². The first kappa shape index (κ1) is 13.8. The van der Waals surface area contributed by atoms with E-state index in [1.54, 1.807) is 0 Å². The second-order valence-electron chi connectivity index (χ2n) is 4.52. The Morgan fingerprint density at radius 2 is 1.88 bits per heavy atom. The van der Waals surface area contributed by atoms with E-state index in [2.05, 4.69) is 50.5 Å². The molecule has 0 saturated heterocycles. The highest BCUT2D eigenvalue weighted by molar-refractivity contribution is 7.87. The molecule has 16 heavy (non-hydrogen) atoms. The zero-order chi connectivity index (χ0) is 12.3. The van der Waals surface area contributed by atoms with Gasteiger partial charge in [-0.2, -0.15) is 12.6 Å². The van der Waals surface area contributed by atoms with Crippen LogP contribution in [0, 0.1) is 0 Å².